The number of amides is 2. The number of hydrogen-bond donors (Lipinski definition) is 3. The van der Waals surface area contributed by atoms with Crippen LogP contribution in [0.25, 0.3) is 11.1 Å². The number of carboxylic acids is 1. The van der Waals surface area contributed by atoms with Gasteiger partial charge in [0.25, 0.3) is 0 Å². The zero-order valence-corrected chi connectivity index (χ0v) is 19.5. The van der Waals surface area contributed by atoms with E-state index in [1.165, 1.54) is 4.90 Å². The molecule has 2 aromatic carbocycles. The van der Waals surface area contributed by atoms with Gasteiger partial charge in [-0.15, -0.1) is 0 Å². The van der Waals surface area contributed by atoms with Gasteiger partial charge in [-0.3, -0.25) is 4.79 Å². The molecule has 5 rings (SSSR count). The fourth-order valence-electron chi connectivity index (χ4n) is 5.99. The molecule has 1 saturated carbocycles. The lowest BCUT2D eigenvalue weighted by molar-refractivity contribution is -0.153. The number of nitrogens with zero attached hydrogens (tertiary/aromatic N) is 1. The van der Waals surface area contributed by atoms with Crippen LogP contribution in [0.1, 0.15) is 49.1 Å². The average molecular weight is 479 g/mol. The maximum Gasteiger partial charge on any atom is 0.407 e. The van der Waals surface area contributed by atoms with Gasteiger partial charge in [0.05, 0.1) is 11.5 Å². The number of carbonyl (C=O) groups is 3. The van der Waals surface area contributed by atoms with E-state index in [1.54, 1.807) is 0 Å². The van der Waals surface area contributed by atoms with Gasteiger partial charge in [0.2, 0.25) is 5.91 Å². The van der Waals surface area contributed by atoms with E-state index in [0.29, 0.717) is 12.8 Å². The lowest BCUT2D eigenvalue weighted by Crippen LogP contribution is -2.52. The molecule has 3 N–H and O–H groups in total. The second kappa shape index (κ2) is 9.34. The van der Waals surface area contributed by atoms with Crippen LogP contribution in [-0.4, -0.2) is 64.9 Å². The third-order valence-corrected chi connectivity index (χ3v) is 7.75. The minimum atomic E-state index is -1.12. The van der Waals surface area contributed by atoms with Crippen LogP contribution in [0.3, 0.4) is 0 Å². The molecule has 8 heteroatoms. The highest BCUT2D eigenvalue weighted by Crippen LogP contribution is 2.44. The SMILES string of the molecule is O=C(NCC1(C(=O)N2C[C@H](O)C[C@H]2C(=O)O)CCCC1)OCC1c2ccccc2-c2ccccc21. The number of alkyl carbamates (subject to hydrolysis) is 1. The fraction of sp³-hybridized carbons (Fsp3) is 0.444. The van der Waals surface area contributed by atoms with Gasteiger partial charge in [0.1, 0.15) is 12.6 Å². The Hall–Kier alpha value is -3.39. The summed E-state index contributed by atoms with van der Waals surface area (Å²) >= 11 is 0. The number of β-amino-alcohol motifs (C(OH)–C–C–N with tert-alkyl or cyclic N) is 1. The van der Waals surface area contributed by atoms with E-state index in [4.69, 9.17) is 4.74 Å². The molecule has 2 atom stereocenters. The maximum atomic E-state index is 13.4. The summed E-state index contributed by atoms with van der Waals surface area (Å²) in [6.45, 7) is 0.268. The van der Waals surface area contributed by atoms with Crippen molar-refractivity contribution in [1.82, 2.24) is 10.2 Å². The molecule has 0 aromatic heterocycles. The Kier molecular flexibility index (Phi) is 6.23. The Morgan fingerprint density at radius 2 is 1.60 bits per heavy atom. The first-order chi connectivity index (χ1) is 16.9. The summed E-state index contributed by atoms with van der Waals surface area (Å²) in [4.78, 5) is 39.1. The molecule has 0 unspecified atom stereocenters. The lowest BCUT2D eigenvalue weighted by Gasteiger charge is -2.34. The highest BCUT2D eigenvalue weighted by atomic mass is 16.5. The van der Waals surface area contributed by atoms with Crippen molar-refractivity contribution in [3.8, 4) is 11.1 Å². The van der Waals surface area contributed by atoms with Crippen molar-refractivity contribution >= 4 is 18.0 Å². The van der Waals surface area contributed by atoms with Crippen molar-refractivity contribution in [3.05, 3.63) is 59.7 Å². The zero-order valence-electron chi connectivity index (χ0n) is 19.5. The van der Waals surface area contributed by atoms with Gasteiger partial charge in [-0.05, 0) is 35.1 Å². The number of likely N-dealkylation sites (tertiary alicyclic amines) is 1. The molecule has 2 fully saturated rings. The number of rotatable bonds is 6. The Labute approximate surface area is 203 Å². The van der Waals surface area contributed by atoms with E-state index >= 15 is 0 Å². The van der Waals surface area contributed by atoms with E-state index in [2.05, 4.69) is 29.6 Å². The van der Waals surface area contributed by atoms with Gasteiger partial charge in [0.15, 0.2) is 0 Å². The Bertz CT molecular complexity index is 1100. The number of aliphatic hydroxyl groups excluding tert-OH is 1. The molecule has 1 aliphatic heterocycles. The number of carbonyl (C=O) groups excluding carboxylic acids is 2. The third-order valence-electron chi connectivity index (χ3n) is 7.75. The summed E-state index contributed by atoms with van der Waals surface area (Å²) in [7, 11) is 0. The molecule has 184 valence electrons. The molecule has 2 amide bonds. The molecule has 2 aliphatic carbocycles. The van der Waals surface area contributed by atoms with Crippen LogP contribution in [0.2, 0.25) is 0 Å². The van der Waals surface area contributed by atoms with Crippen molar-refractivity contribution in [1.29, 1.82) is 0 Å². The van der Waals surface area contributed by atoms with E-state index < -0.39 is 29.6 Å². The molecular formula is C27H30N2O6. The second-order valence-corrected chi connectivity index (χ2v) is 9.87. The Morgan fingerprint density at radius 1 is 1.00 bits per heavy atom. The van der Waals surface area contributed by atoms with Gasteiger partial charge < -0.3 is 25.2 Å². The number of carboxylic acid groups (broad SMARTS) is 1. The van der Waals surface area contributed by atoms with Crippen LogP contribution >= 0.6 is 0 Å². The minimum absolute atomic E-state index is 0.00247. The summed E-state index contributed by atoms with van der Waals surface area (Å²) in [5.41, 5.74) is 3.66. The zero-order chi connectivity index (χ0) is 24.6. The highest BCUT2D eigenvalue weighted by molar-refractivity contribution is 5.89. The number of aliphatic hydroxyl groups is 1. The van der Waals surface area contributed by atoms with Crippen LogP contribution in [0.15, 0.2) is 48.5 Å². The number of hydrogen-bond acceptors (Lipinski definition) is 5. The standard InChI is InChI=1S/C27H30N2O6/c30-17-13-23(24(31)32)29(14-17)25(33)27(11-5-6-12-27)16-28-26(34)35-15-22-20-9-3-1-7-18(20)19-8-2-4-10-21(19)22/h1-4,7-10,17,22-23,30H,5-6,11-16H2,(H,28,34)(H,31,32)/t17-,23+/m1/s1. The van der Waals surface area contributed by atoms with E-state index in [9.17, 15) is 24.6 Å². The molecule has 0 spiro atoms. The molecule has 0 radical (unpaired) electrons. The van der Waals surface area contributed by atoms with Crippen molar-refractivity contribution in [2.45, 2.75) is 50.2 Å². The average Bonchev–Trinajstić information content (AvgIpc) is 3.57. The third kappa shape index (κ3) is 4.27. The van der Waals surface area contributed by atoms with Gasteiger partial charge >= 0.3 is 12.1 Å². The largest absolute Gasteiger partial charge is 0.480 e. The van der Waals surface area contributed by atoms with E-state index in [-0.39, 0.29) is 37.9 Å². The van der Waals surface area contributed by atoms with E-state index in [0.717, 1.165) is 35.1 Å². The topological polar surface area (TPSA) is 116 Å². The van der Waals surface area contributed by atoms with Gasteiger partial charge in [-0.25, -0.2) is 9.59 Å². The summed E-state index contributed by atoms with van der Waals surface area (Å²) in [5.74, 6) is -1.48. The minimum Gasteiger partial charge on any atom is -0.480 e. The van der Waals surface area contributed by atoms with Crippen LogP contribution in [-0.2, 0) is 14.3 Å². The molecule has 0 bridgehead atoms. The van der Waals surface area contributed by atoms with Crippen molar-refractivity contribution < 1.29 is 29.3 Å². The first kappa shape index (κ1) is 23.4. The first-order valence-corrected chi connectivity index (χ1v) is 12.2. The molecule has 1 heterocycles. The maximum absolute atomic E-state index is 13.4. The molecule has 2 aromatic rings. The summed E-state index contributed by atoms with van der Waals surface area (Å²) in [5, 5.41) is 22.3. The molecule has 3 aliphatic rings. The van der Waals surface area contributed by atoms with Crippen molar-refractivity contribution in [2.24, 2.45) is 5.41 Å². The smallest absolute Gasteiger partial charge is 0.407 e. The Morgan fingerprint density at radius 3 is 2.20 bits per heavy atom. The van der Waals surface area contributed by atoms with E-state index in [1.807, 2.05) is 24.3 Å². The molecule has 35 heavy (non-hydrogen) atoms. The van der Waals surface area contributed by atoms with Crippen molar-refractivity contribution in [3.63, 3.8) is 0 Å². The van der Waals surface area contributed by atoms with Crippen LogP contribution in [0.5, 0.6) is 0 Å². The quantitative estimate of drug-likeness (QED) is 0.588. The van der Waals surface area contributed by atoms with Gasteiger partial charge in [0, 0.05) is 25.4 Å². The number of ether oxygens (including phenoxy) is 1. The summed E-state index contributed by atoms with van der Waals surface area (Å²) in [6.07, 6.45) is 1.36. The monoisotopic (exact) mass is 478 g/mol. The Balaban J connectivity index is 1.24. The fourth-order valence-corrected chi connectivity index (χ4v) is 5.99. The molecular weight excluding hydrogens is 448 g/mol. The number of fused-ring (bicyclic) bond motifs is 3. The normalized spacial score (nSPS) is 22.5. The van der Waals surface area contributed by atoms with Gasteiger partial charge in [-0.2, -0.15) is 0 Å². The second-order valence-electron chi connectivity index (χ2n) is 9.87. The summed E-state index contributed by atoms with van der Waals surface area (Å²) < 4.78 is 5.62. The van der Waals surface area contributed by atoms with Crippen LogP contribution < -0.4 is 5.32 Å². The first-order valence-electron chi connectivity index (χ1n) is 12.2. The van der Waals surface area contributed by atoms with Crippen LogP contribution in [0, 0.1) is 5.41 Å². The number of benzene rings is 2. The predicted octanol–water partition coefficient (Wildman–Crippen LogP) is 3.13. The van der Waals surface area contributed by atoms with Gasteiger partial charge in [-0.1, -0.05) is 61.4 Å². The van der Waals surface area contributed by atoms with Crippen LogP contribution in [0.4, 0.5) is 4.79 Å². The van der Waals surface area contributed by atoms with Crippen molar-refractivity contribution in [2.75, 3.05) is 19.7 Å². The molecule has 1 saturated heterocycles. The predicted molar refractivity (Wildman–Crippen MR) is 128 cm³/mol. The number of aliphatic carboxylic acids is 1. The highest BCUT2D eigenvalue weighted by Gasteiger charge is 2.49. The molecule has 8 nitrogen and oxygen atoms in total. The summed E-state index contributed by atoms with van der Waals surface area (Å²) in [6, 6.07) is 15.2. The lowest BCUT2D eigenvalue weighted by atomic mass is 9.84. The number of nitrogens with one attached hydrogen (secondary N) is 1.